The standard InChI is InChI=1S/C25H33N3O4S/c29-25(26-16-21-9-5-13-28(19-21)18-20-7-2-1-3-8-20)22-10-4-12-24(15-22)33(30,31)27-17-23-11-6-14-32-23/h1-4,7-8,10,12,15,21,23,27H,5-6,9,11,13-14,16-19H2,(H,26,29). The fourth-order valence-electron chi connectivity index (χ4n) is 4.54. The van der Waals surface area contributed by atoms with E-state index < -0.39 is 10.0 Å². The molecule has 2 saturated heterocycles. The van der Waals surface area contributed by atoms with Crippen molar-refractivity contribution >= 4 is 15.9 Å². The molecule has 2 atom stereocenters. The van der Waals surface area contributed by atoms with Gasteiger partial charge in [0.1, 0.15) is 0 Å². The number of carbonyl (C=O) groups is 1. The Morgan fingerprint density at radius 2 is 1.88 bits per heavy atom. The molecule has 7 nitrogen and oxygen atoms in total. The van der Waals surface area contributed by atoms with E-state index in [9.17, 15) is 13.2 Å². The van der Waals surface area contributed by atoms with Gasteiger partial charge in [0.2, 0.25) is 10.0 Å². The van der Waals surface area contributed by atoms with E-state index in [0.717, 1.165) is 45.3 Å². The Kier molecular flexibility index (Phi) is 8.14. The molecular formula is C25H33N3O4S. The molecule has 2 heterocycles. The molecule has 2 aromatic carbocycles. The molecule has 178 valence electrons. The van der Waals surface area contributed by atoms with Crippen LogP contribution >= 0.6 is 0 Å². The maximum Gasteiger partial charge on any atom is 0.251 e. The second-order valence-electron chi connectivity index (χ2n) is 8.95. The summed E-state index contributed by atoms with van der Waals surface area (Å²) in [7, 11) is -3.69. The van der Waals surface area contributed by atoms with Crippen LogP contribution in [-0.4, -0.2) is 58.1 Å². The zero-order valence-corrected chi connectivity index (χ0v) is 19.7. The summed E-state index contributed by atoms with van der Waals surface area (Å²) in [5.74, 6) is 0.137. The van der Waals surface area contributed by atoms with Gasteiger partial charge in [-0.25, -0.2) is 13.1 Å². The molecule has 2 unspecified atom stereocenters. The van der Waals surface area contributed by atoms with Gasteiger partial charge in [-0.05, 0) is 61.9 Å². The predicted molar refractivity (Wildman–Crippen MR) is 127 cm³/mol. The average molecular weight is 472 g/mol. The van der Waals surface area contributed by atoms with Gasteiger partial charge in [0.15, 0.2) is 0 Å². The molecule has 2 aliphatic rings. The van der Waals surface area contributed by atoms with Gasteiger partial charge in [-0.2, -0.15) is 0 Å². The van der Waals surface area contributed by atoms with Crippen molar-refractivity contribution in [3.05, 3.63) is 65.7 Å². The van der Waals surface area contributed by atoms with Crippen LogP contribution in [0.2, 0.25) is 0 Å². The van der Waals surface area contributed by atoms with Gasteiger partial charge >= 0.3 is 0 Å². The number of nitrogens with one attached hydrogen (secondary N) is 2. The van der Waals surface area contributed by atoms with Gasteiger partial charge in [0.25, 0.3) is 5.91 Å². The summed E-state index contributed by atoms with van der Waals surface area (Å²) in [6, 6.07) is 16.6. The molecule has 0 aromatic heterocycles. The number of ether oxygens (including phenoxy) is 1. The zero-order valence-electron chi connectivity index (χ0n) is 18.9. The Morgan fingerprint density at radius 3 is 2.67 bits per heavy atom. The maximum absolute atomic E-state index is 12.7. The quantitative estimate of drug-likeness (QED) is 0.587. The summed E-state index contributed by atoms with van der Waals surface area (Å²) in [5, 5.41) is 3.01. The molecular weight excluding hydrogens is 438 g/mol. The molecule has 0 bridgehead atoms. The van der Waals surface area contributed by atoms with Gasteiger partial charge in [-0.1, -0.05) is 36.4 Å². The molecule has 0 spiro atoms. The number of benzene rings is 2. The largest absolute Gasteiger partial charge is 0.377 e. The first-order valence-corrected chi connectivity index (χ1v) is 13.2. The number of likely N-dealkylation sites (tertiary alicyclic amines) is 1. The van der Waals surface area contributed by atoms with Gasteiger partial charge in [-0.15, -0.1) is 0 Å². The minimum absolute atomic E-state index is 0.0804. The summed E-state index contributed by atoms with van der Waals surface area (Å²) < 4.78 is 33.4. The average Bonchev–Trinajstić information content (AvgIpc) is 3.36. The summed E-state index contributed by atoms with van der Waals surface area (Å²) >= 11 is 0. The molecule has 33 heavy (non-hydrogen) atoms. The number of carbonyl (C=O) groups excluding carboxylic acids is 1. The third kappa shape index (κ3) is 6.86. The number of piperidine rings is 1. The van der Waals surface area contributed by atoms with Gasteiger partial charge < -0.3 is 10.1 Å². The van der Waals surface area contributed by atoms with Gasteiger partial charge in [0, 0.05) is 38.3 Å². The summed E-state index contributed by atoms with van der Waals surface area (Å²) in [5.41, 5.74) is 1.65. The van der Waals surface area contributed by atoms with Crippen LogP contribution < -0.4 is 10.0 Å². The highest BCUT2D eigenvalue weighted by atomic mass is 32.2. The first kappa shape index (κ1) is 23.9. The molecule has 2 aromatic rings. The van der Waals surface area contributed by atoms with Crippen LogP contribution in [0.25, 0.3) is 0 Å². The second-order valence-corrected chi connectivity index (χ2v) is 10.7. The van der Waals surface area contributed by atoms with Crippen LogP contribution in [0.15, 0.2) is 59.5 Å². The van der Waals surface area contributed by atoms with Gasteiger partial charge in [-0.3, -0.25) is 9.69 Å². The lowest BCUT2D eigenvalue weighted by molar-refractivity contribution is 0.0930. The van der Waals surface area contributed by atoms with E-state index in [1.54, 1.807) is 12.1 Å². The number of rotatable bonds is 9. The minimum atomic E-state index is -3.69. The van der Waals surface area contributed by atoms with Crippen molar-refractivity contribution in [1.29, 1.82) is 0 Å². The lowest BCUT2D eigenvalue weighted by atomic mass is 9.97. The normalized spacial score (nSPS) is 21.7. The van der Waals surface area contributed by atoms with E-state index in [1.807, 2.05) is 6.07 Å². The van der Waals surface area contributed by atoms with E-state index in [2.05, 4.69) is 39.2 Å². The highest BCUT2D eigenvalue weighted by Crippen LogP contribution is 2.19. The molecule has 2 aliphatic heterocycles. The Hall–Kier alpha value is -2.26. The van der Waals surface area contributed by atoms with E-state index in [0.29, 0.717) is 24.6 Å². The number of nitrogens with zero attached hydrogens (tertiary/aromatic N) is 1. The molecule has 0 saturated carbocycles. The zero-order chi connectivity index (χ0) is 23.1. The van der Waals surface area contributed by atoms with Crippen LogP contribution in [0.3, 0.4) is 0 Å². The lowest BCUT2D eigenvalue weighted by Crippen LogP contribution is -2.40. The summed E-state index contributed by atoms with van der Waals surface area (Å²) in [6.07, 6.45) is 3.91. The number of hydrogen-bond donors (Lipinski definition) is 2. The van der Waals surface area contributed by atoms with E-state index in [4.69, 9.17) is 4.74 Å². The topological polar surface area (TPSA) is 87.7 Å². The fraction of sp³-hybridized carbons (Fsp3) is 0.480. The summed E-state index contributed by atoms with van der Waals surface area (Å²) in [4.78, 5) is 15.3. The molecule has 0 radical (unpaired) electrons. The van der Waals surface area contributed by atoms with Crippen molar-refractivity contribution in [3.63, 3.8) is 0 Å². The van der Waals surface area contributed by atoms with Crippen LogP contribution in [-0.2, 0) is 21.3 Å². The first-order chi connectivity index (χ1) is 16.0. The highest BCUT2D eigenvalue weighted by Gasteiger charge is 2.23. The smallest absolute Gasteiger partial charge is 0.251 e. The van der Waals surface area contributed by atoms with Crippen LogP contribution in [0.4, 0.5) is 0 Å². The minimum Gasteiger partial charge on any atom is -0.377 e. The molecule has 2 fully saturated rings. The van der Waals surface area contributed by atoms with Crippen molar-refractivity contribution in [2.45, 2.75) is 43.2 Å². The Morgan fingerprint density at radius 1 is 1.03 bits per heavy atom. The molecule has 2 N–H and O–H groups in total. The van der Waals surface area contributed by atoms with Crippen LogP contribution in [0.1, 0.15) is 41.6 Å². The second kappa shape index (κ2) is 11.2. The van der Waals surface area contributed by atoms with Gasteiger partial charge in [0.05, 0.1) is 11.0 Å². The third-order valence-electron chi connectivity index (χ3n) is 6.33. The van der Waals surface area contributed by atoms with Crippen molar-refractivity contribution in [2.24, 2.45) is 5.92 Å². The number of amides is 1. The molecule has 4 rings (SSSR count). The highest BCUT2D eigenvalue weighted by molar-refractivity contribution is 7.89. The van der Waals surface area contributed by atoms with Crippen molar-refractivity contribution in [3.8, 4) is 0 Å². The predicted octanol–water partition coefficient (Wildman–Crippen LogP) is 2.79. The monoisotopic (exact) mass is 471 g/mol. The Balaban J connectivity index is 1.29. The first-order valence-electron chi connectivity index (χ1n) is 11.8. The Bertz CT molecular complexity index is 1020. The van der Waals surface area contributed by atoms with Crippen LogP contribution in [0.5, 0.6) is 0 Å². The fourth-order valence-corrected chi connectivity index (χ4v) is 5.65. The van der Waals surface area contributed by atoms with Crippen molar-refractivity contribution in [2.75, 3.05) is 32.8 Å². The molecule has 0 aliphatic carbocycles. The van der Waals surface area contributed by atoms with Crippen molar-refractivity contribution in [1.82, 2.24) is 14.9 Å². The van der Waals surface area contributed by atoms with Crippen molar-refractivity contribution < 1.29 is 17.9 Å². The third-order valence-corrected chi connectivity index (χ3v) is 7.76. The van der Waals surface area contributed by atoms with Crippen LogP contribution in [0, 0.1) is 5.92 Å². The SMILES string of the molecule is O=C(NCC1CCCN(Cc2ccccc2)C1)c1cccc(S(=O)(=O)NCC2CCCO2)c1. The molecule has 8 heteroatoms. The Labute approximate surface area is 196 Å². The number of sulfonamides is 1. The van der Waals surface area contributed by atoms with E-state index >= 15 is 0 Å². The van der Waals surface area contributed by atoms with E-state index in [-0.39, 0.29) is 23.5 Å². The number of hydrogen-bond acceptors (Lipinski definition) is 5. The lowest BCUT2D eigenvalue weighted by Gasteiger charge is -2.32. The maximum atomic E-state index is 12.7. The summed E-state index contributed by atoms with van der Waals surface area (Å²) in [6.45, 7) is 4.43. The van der Waals surface area contributed by atoms with E-state index in [1.165, 1.54) is 17.7 Å². The molecule has 1 amide bonds.